The SMILES string of the molecule is CC(N(C)C)n1cc[n+](Cc2ccccc2)c1. The fourth-order valence-electron chi connectivity index (χ4n) is 1.79. The van der Waals surface area contributed by atoms with Crippen LogP contribution < -0.4 is 4.57 Å². The van der Waals surface area contributed by atoms with Gasteiger partial charge in [0.25, 0.3) is 0 Å². The number of hydrogen-bond acceptors (Lipinski definition) is 1. The van der Waals surface area contributed by atoms with Gasteiger partial charge in [0.1, 0.15) is 18.9 Å². The van der Waals surface area contributed by atoms with Crippen LogP contribution in [0.5, 0.6) is 0 Å². The van der Waals surface area contributed by atoms with E-state index in [0.29, 0.717) is 6.17 Å². The Bertz CT molecular complexity index is 459. The van der Waals surface area contributed by atoms with Gasteiger partial charge >= 0.3 is 0 Å². The first-order chi connectivity index (χ1) is 8.16. The zero-order chi connectivity index (χ0) is 12.3. The van der Waals surface area contributed by atoms with Crippen molar-refractivity contribution in [3.8, 4) is 0 Å². The molecule has 0 aliphatic carbocycles. The minimum atomic E-state index is 0.382. The van der Waals surface area contributed by atoms with E-state index < -0.39 is 0 Å². The lowest BCUT2D eigenvalue weighted by atomic mass is 10.2. The molecule has 2 aromatic rings. The molecule has 0 bridgehead atoms. The molecule has 0 fully saturated rings. The lowest BCUT2D eigenvalue weighted by molar-refractivity contribution is -0.688. The summed E-state index contributed by atoms with van der Waals surface area (Å²) in [6.07, 6.45) is 6.77. The molecule has 3 heteroatoms. The third kappa shape index (κ3) is 2.94. The van der Waals surface area contributed by atoms with Crippen LogP contribution in [0, 0.1) is 0 Å². The molecule has 0 radical (unpaired) electrons. The van der Waals surface area contributed by atoms with Crippen molar-refractivity contribution in [3.05, 3.63) is 54.6 Å². The van der Waals surface area contributed by atoms with E-state index in [1.807, 2.05) is 6.07 Å². The van der Waals surface area contributed by atoms with Crippen LogP contribution in [0.2, 0.25) is 0 Å². The molecule has 1 heterocycles. The summed E-state index contributed by atoms with van der Waals surface area (Å²) < 4.78 is 4.41. The average molecular weight is 230 g/mol. The molecule has 1 unspecified atom stereocenters. The van der Waals surface area contributed by atoms with Crippen molar-refractivity contribution >= 4 is 0 Å². The largest absolute Gasteiger partial charge is 0.271 e. The van der Waals surface area contributed by atoms with Crippen molar-refractivity contribution < 1.29 is 4.57 Å². The van der Waals surface area contributed by atoms with Crippen molar-refractivity contribution in [3.63, 3.8) is 0 Å². The molecule has 0 N–H and O–H groups in total. The summed E-state index contributed by atoms with van der Waals surface area (Å²) in [6.45, 7) is 3.11. The second kappa shape index (κ2) is 5.15. The third-order valence-electron chi connectivity index (χ3n) is 3.10. The molecular formula is C14H20N3+. The Balaban J connectivity index is 2.09. The minimum Gasteiger partial charge on any atom is -0.271 e. The third-order valence-corrected chi connectivity index (χ3v) is 3.10. The van der Waals surface area contributed by atoms with Gasteiger partial charge in [-0.05, 0) is 26.6 Å². The summed E-state index contributed by atoms with van der Waals surface area (Å²) in [4.78, 5) is 2.19. The molecule has 17 heavy (non-hydrogen) atoms. The van der Waals surface area contributed by atoms with Gasteiger partial charge in [0.2, 0.25) is 6.33 Å². The Morgan fingerprint density at radius 1 is 1.24 bits per heavy atom. The first kappa shape index (κ1) is 11.9. The molecule has 0 amide bonds. The van der Waals surface area contributed by atoms with E-state index in [-0.39, 0.29) is 0 Å². The highest BCUT2D eigenvalue weighted by molar-refractivity contribution is 5.13. The zero-order valence-electron chi connectivity index (χ0n) is 10.7. The van der Waals surface area contributed by atoms with Crippen LogP contribution in [-0.4, -0.2) is 23.6 Å². The Kier molecular flexibility index (Phi) is 3.59. The van der Waals surface area contributed by atoms with Gasteiger partial charge < -0.3 is 0 Å². The van der Waals surface area contributed by atoms with Gasteiger partial charge in [-0.2, -0.15) is 0 Å². The highest BCUT2D eigenvalue weighted by atomic mass is 15.3. The van der Waals surface area contributed by atoms with Gasteiger partial charge in [0, 0.05) is 0 Å². The van der Waals surface area contributed by atoms with Crippen molar-refractivity contribution in [1.29, 1.82) is 0 Å². The van der Waals surface area contributed by atoms with E-state index in [4.69, 9.17) is 0 Å². The standard InChI is InChI=1S/C14H20N3/c1-13(15(2)3)17-10-9-16(12-17)11-14-7-5-4-6-8-14/h4-10,12-13H,11H2,1-3H3/q+1. The second-order valence-electron chi connectivity index (χ2n) is 4.61. The van der Waals surface area contributed by atoms with Crippen molar-refractivity contribution in [2.45, 2.75) is 19.6 Å². The smallest absolute Gasteiger partial charge is 0.245 e. The summed E-state index contributed by atoms with van der Waals surface area (Å²) in [5.41, 5.74) is 1.33. The van der Waals surface area contributed by atoms with Gasteiger partial charge in [-0.15, -0.1) is 0 Å². The Hall–Kier alpha value is -1.61. The monoisotopic (exact) mass is 230 g/mol. The molecule has 0 saturated carbocycles. The van der Waals surface area contributed by atoms with Crippen LogP contribution >= 0.6 is 0 Å². The van der Waals surface area contributed by atoms with Gasteiger partial charge in [0.15, 0.2) is 6.17 Å². The van der Waals surface area contributed by atoms with E-state index in [2.05, 4.69) is 78.0 Å². The molecule has 1 aromatic carbocycles. The average Bonchev–Trinajstić information content (AvgIpc) is 2.77. The van der Waals surface area contributed by atoms with Gasteiger partial charge in [-0.3, -0.25) is 4.90 Å². The summed E-state index contributed by atoms with van der Waals surface area (Å²) in [5, 5.41) is 0. The fourth-order valence-corrected chi connectivity index (χ4v) is 1.79. The highest BCUT2D eigenvalue weighted by Gasteiger charge is 2.13. The molecule has 0 aliphatic heterocycles. The van der Waals surface area contributed by atoms with Crippen LogP contribution in [0.15, 0.2) is 49.1 Å². The zero-order valence-corrected chi connectivity index (χ0v) is 10.7. The van der Waals surface area contributed by atoms with Crippen LogP contribution in [0.4, 0.5) is 0 Å². The quantitative estimate of drug-likeness (QED) is 0.731. The number of nitrogens with zero attached hydrogens (tertiary/aromatic N) is 3. The number of hydrogen-bond donors (Lipinski definition) is 0. The summed E-state index contributed by atoms with van der Waals surface area (Å²) in [6, 6.07) is 10.5. The number of aromatic nitrogens is 2. The molecule has 90 valence electrons. The Labute approximate surface area is 103 Å². The minimum absolute atomic E-state index is 0.382. The maximum atomic E-state index is 2.21. The maximum Gasteiger partial charge on any atom is 0.245 e. The van der Waals surface area contributed by atoms with Crippen LogP contribution in [-0.2, 0) is 6.54 Å². The number of imidazole rings is 1. The first-order valence-electron chi connectivity index (χ1n) is 5.93. The normalized spacial score (nSPS) is 12.9. The van der Waals surface area contributed by atoms with Crippen molar-refractivity contribution in [2.24, 2.45) is 0 Å². The summed E-state index contributed by atoms with van der Waals surface area (Å²) >= 11 is 0. The van der Waals surface area contributed by atoms with Crippen molar-refractivity contribution in [1.82, 2.24) is 9.47 Å². The predicted octanol–water partition coefficient (Wildman–Crippen LogP) is 1.90. The molecule has 0 aliphatic rings. The summed E-state index contributed by atoms with van der Waals surface area (Å²) in [7, 11) is 4.18. The molecule has 1 atom stereocenters. The van der Waals surface area contributed by atoms with E-state index >= 15 is 0 Å². The molecule has 0 saturated heterocycles. The first-order valence-corrected chi connectivity index (χ1v) is 5.93. The van der Waals surface area contributed by atoms with E-state index in [1.165, 1.54) is 5.56 Å². The van der Waals surface area contributed by atoms with Crippen LogP contribution in [0.3, 0.4) is 0 Å². The predicted molar refractivity (Wildman–Crippen MR) is 68.6 cm³/mol. The lowest BCUT2D eigenvalue weighted by Crippen LogP contribution is -2.32. The molecule has 0 spiro atoms. The van der Waals surface area contributed by atoms with E-state index in [9.17, 15) is 0 Å². The van der Waals surface area contributed by atoms with Gasteiger partial charge in [-0.1, -0.05) is 30.3 Å². The molecule has 2 rings (SSSR count). The number of rotatable bonds is 4. The van der Waals surface area contributed by atoms with Gasteiger partial charge in [-0.25, -0.2) is 9.13 Å². The number of benzene rings is 1. The molecule has 3 nitrogen and oxygen atoms in total. The van der Waals surface area contributed by atoms with Gasteiger partial charge in [0.05, 0.1) is 0 Å². The Morgan fingerprint density at radius 3 is 2.59 bits per heavy atom. The van der Waals surface area contributed by atoms with E-state index in [1.54, 1.807) is 0 Å². The van der Waals surface area contributed by atoms with Crippen LogP contribution in [0.1, 0.15) is 18.7 Å². The molecular weight excluding hydrogens is 210 g/mol. The second-order valence-corrected chi connectivity index (χ2v) is 4.61. The fraction of sp³-hybridized carbons (Fsp3) is 0.357. The Morgan fingerprint density at radius 2 is 1.94 bits per heavy atom. The lowest BCUT2D eigenvalue weighted by Gasteiger charge is -2.15. The summed E-state index contributed by atoms with van der Waals surface area (Å²) in [5.74, 6) is 0. The highest BCUT2D eigenvalue weighted by Crippen LogP contribution is 2.06. The van der Waals surface area contributed by atoms with E-state index in [0.717, 1.165) is 6.54 Å². The maximum absolute atomic E-state index is 2.21. The van der Waals surface area contributed by atoms with Crippen LogP contribution in [0.25, 0.3) is 0 Å². The molecule has 1 aromatic heterocycles. The topological polar surface area (TPSA) is 12.1 Å². The van der Waals surface area contributed by atoms with Crippen molar-refractivity contribution in [2.75, 3.05) is 14.1 Å².